The van der Waals surface area contributed by atoms with Crippen LogP contribution in [-0.4, -0.2) is 36.2 Å². The number of anilines is 1. The van der Waals surface area contributed by atoms with E-state index in [1.54, 1.807) is 11.8 Å². The molecule has 0 aromatic carbocycles. The molecule has 1 saturated heterocycles. The van der Waals surface area contributed by atoms with Crippen molar-refractivity contribution in [3.05, 3.63) is 0 Å². The summed E-state index contributed by atoms with van der Waals surface area (Å²) in [5, 5.41) is 7.16. The number of sulfonamides is 1. The van der Waals surface area contributed by atoms with Gasteiger partial charge in [-0.15, -0.1) is 10.2 Å². The van der Waals surface area contributed by atoms with Gasteiger partial charge in [-0.25, -0.2) is 13.1 Å². The summed E-state index contributed by atoms with van der Waals surface area (Å²) in [6, 6.07) is 0.00474. The van der Waals surface area contributed by atoms with E-state index in [9.17, 15) is 8.42 Å². The van der Waals surface area contributed by atoms with Crippen LogP contribution < -0.4 is 10.5 Å². The molecule has 0 amide bonds. The van der Waals surface area contributed by atoms with Crippen LogP contribution >= 0.6 is 23.1 Å². The van der Waals surface area contributed by atoms with E-state index in [1.165, 1.54) is 0 Å². The summed E-state index contributed by atoms with van der Waals surface area (Å²) in [5.74, 6) is 1.80. The van der Waals surface area contributed by atoms with E-state index in [0.29, 0.717) is 0 Å². The van der Waals surface area contributed by atoms with Gasteiger partial charge in [-0.05, 0) is 12.2 Å². The fraction of sp³-hybridized carbons (Fsp3) is 0.667. The highest BCUT2D eigenvalue weighted by Crippen LogP contribution is 2.21. The Morgan fingerprint density at radius 1 is 1.47 bits per heavy atom. The van der Waals surface area contributed by atoms with Gasteiger partial charge in [0.25, 0.3) is 10.0 Å². The van der Waals surface area contributed by atoms with Crippen molar-refractivity contribution in [2.75, 3.05) is 17.2 Å². The smallest absolute Gasteiger partial charge is 0.270 e. The Bertz CT molecular complexity index is 437. The fourth-order valence-electron chi connectivity index (χ4n) is 1.23. The van der Waals surface area contributed by atoms with Crippen molar-refractivity contribution in [2.24, 2.45) is 0 Å². The Morgan fingerprint density at radius 2 is 2.27 bits per heavy atom. The predicted molar refractivity (Wildman–Crippen MR) is 60.4 cm³/mol. The highest BCUT2D eigenvalue weighted by Gasteiger charge is 2.25. The highest BCUT2D eigenvalue weighted by atomic mass is 32.2. The van der Waals surface area contributed by atoms with Crippen LogP contribution in [0.3, 0.4) is 0 Å². The van der Waals surface area contributed by atoms with Gasteiger partial charge in [-0.3, -0.25) is 0 Å². The number of rotatable bonds is 3. The molecule has 1 fully saturated rings. The third-order valence-corrected chi connectivity index (χ3v) is 5.71. The Hall–Kier alpha value is -0.380. The van der Waals surface area contributed by atoms with Crippen LogP contribution in [0.5, 0.6) is 0 Å². The maximum absolute atomic E-state index is 11.7. The van der Waals surface area contributed by atoms with E-state index in [1.807, 2.05) is 0 Å². The maximum Gasteiger partial charge on any atom is 0.270 e. The van der Waals surface area contributed by atoms with Crippen LogP contribution in [0.15, 0.2) is 4.34 Å². The number of nitrogens with two attached hydrogens (primary N) is 1. The molecule has 2 rings (SSSR count). The minimum atomic E-state index is -3.52. The minimum Gasteiger partial charge on any atom is -0.374 e. The zero-order chi connectivity index (χ0) is 10.9. The van der Waals surface area contributed by atoms with Gasteiger partial charge in [-0.1, -0.05) is 11.3 Å². The van der Waals surface area contributed by atoms with E-state index < -0.39 is 10.0 Å². The second kappa shape index (κ2) is 4.24. The molecule has 1 aromatic heterocycles. The van der Waals surface area contributed by atoms with Gasteiger partial charge < -0.3 is 5.73 Å². The van der Waals surface area contributed by atoms with Crippen molar-refractivity contribution in [1.29, 1.82) is 0 Å². The summed E-state index contributed by atoms with van der Waals surface area (Å²) in [5.41, 5.74) is 5.33. The van der Waals surface area contributed by atoms with Crippen LogP contribution in [0.2, 0.25) is 0 Å². The molecule has 1 aromatic rings. The lowest BCUT2D eigenvalue weighted by molar-refractivity contribution is 0.561. The fourth-order valence-corrected chi connectivity index (χ4v) is 4.55. The topological polar surface area (TPSA) is 98.0 Å². The SMILES string of the molecule is Nc1nnc(S(=O)(=O)NC2CCSC2)s1. The highest BCUT2D eigenvalue weighted by molar-refractivity contribution is 7.99. The molecule has 0 spiro atoms. The van der Waals surface area contributed by atoms with Crippen LogP contribution in [-0.2, 0) is 10.0 Å². The minimum absolute atomic E-state index is 0.00474. The number of nitrogens with zero attached hydrogens (tertiary/aromatic N) is 2. The summed E-state index contributed by atoms with van der Waals surface area (Å²) in [7, 11) is -3.52. The van der Waals surface area contributed by atoms with Gasteiger partial charge in [0.1, 0.15) is 0 Å². The molecule has 1 unspecified atom stereocenters. The summed E-state index contributed by atoms with van der Waals surface area (Å²) in [4.78, 5) is 0. The molecule has 2 heterocycles. The van der Waals surface area contributed by atoms with Crippen molar-refractivity contribution in [1.82, 2.24) is 14.9 Å². The Labute approximate surface area is 95.7 Å². The lowest BCUT2D eigenvalue weighted by atomic mass is 10.3. The molecule has 1 atom stereocenters. The van der Waals surface area contributed by atoms with E-state index in [4.69, 9.17) is 5.73 Å². The van der Waals surface area contributed by atoms with E-state index in [2.05, 4.69) is 14.9 Å². The normalized spacial score (nSPS) is 22.0. The number of aromatic nitrogens is 2. The second-order valence-electron chi connectivity index (χ2n) is 3.09. The molecule has 84 valence electrons. The molecule has 1 aliphatic heterocycles. The molecule has 6 nitrogen and oxygen atoms in total. The Kier molecular flexibility index (Phi) is 3.14. The number of nitrogen functional groups attached to an aromatic ring is 1. The zero-order valence-corrected chi connectivity index (χ0v) is 10.2. The van der Waals surface area contributed by atoms with Gasteiger partial charge in [0, 0.05) is 11.8 Å². The molecule has 9 heteroatoms. The summed E-state index contributed by atoms with van der Waals surface area (Å²) in [6.07, 6.45) is 0.859. The van der Waals surface area contributed by atoms with E-state index in [0.717, 1.165) is 29.3 Å². The van der Waals surface area contributed by atoms with E-state index >= 15 is 0 Å². The maximum atomic E-state index is 11.7. The van der Waals surface area contributed by atoms with Gasteiger partial charge in [0.15, 0.2) is 0 Å². The van der Waals surface area contributed by atoms with Gasteiger partial charge >= 0.3 is 0 Å². The standard InChI is InChI=1S/C6H10N4O2S3/c7-5-8-9-6(14-5)15(11,12)10-4-1-2-13-3-4/h4,10H,1-3H2,(H2,7,8). The summed E-state index contributed by atoms with van der Waals surface area (Å²) >= 11 is 2.62. The average molecular weight is 266 g/mol. The summed E-state index contributed by atoms with van der Waals surface area (Å²) < 4.78 is 26.0. The Balaban J connectivity index is 2.12. The number of nitrogens with one attached hydrogen (secondary N) is 1. The zero-order valence-electron chi connectivity index (χ0n) is 7.71. The van der Waals surface area contributed by atoms with E-state index in [-0.39, 0.29) is 15.5 Å². The van der Waals surface area contributed by atoms with Crippen LogP contribution in [0.1, 0.15) is 6.42 Å². The monoisotopic (exact) mass is 266 g/mol. The third-order valence-electron chi connectivity index (χ3n) is 1.90. The van der Waals surface area contributed by atoms with Crippen molar-refractivity contribution < 1.29 is 8.42 Å². The van der Waals surface area contributed by atoms with Crippen molar-refractivity contribution in [3.63, 3.8) is 0 Å². The van der Waals surface area contributed by atoms with Crippen molar-refractivity contribution >= 4 is 38.3 Å². The molecule has 3 N–H and O–H groups in total. The number of hydrogen-bond donors (Lipinski definition) is 2. The molecular weight excluding hydrogens is 256 g/mol. The number of thioether (sulfide) groups is 1. The predicted octanol–water partition coefficient (Wildman–Crippen LogP) is -0.0959. The first-order chi connectivity index (χ1) is 7.08. The lowest BCUT2D eigenvalue weighted by Gasteiger charge is -2.08. The summed E-state index contributed by atoms with van der Waals surface area (Å²) in [6.45, 7) is 0. The molecule has 1 aliphatic rings. The quantitative estimate of drug-likeness (QED) is 0.793. The first-order valence-electron chi connectivity index (χ1n) is 4.27. The van der Waals surface area contributed by atoms with Crippen molar-refractivity contribution in [2.45, 2.75) is 16.8 Å². The molecule has 15 heavy (non-hydrogen) atoms. The van der Waals surface area contributed by atoms with Gasteiger partial charge in [0.05, 0.1) is 0 Å². The second-order valence-corrected chi connectivity index (χ2v) is 7.13. The largest absolute Gasteiger partial charge is 0.374 e. The molecule has 0 radical (unpaired) electrons. The number of hydrogen-bond acceptors (Lipinski definition) is 7. The molecular formula is C6H10N4O2S3. The lowest BCUT2D eigenvalue weighted by Crippen LogP contribution is -2.34. The van der Waals surface area contributed by atoms with Gasteiger partial charge in [0.2, 0.25) is 9.47 Å². The molecule has 0 saturated carbocycles. The molecule has 0 aliphatic carbocycles. The van der Waals surface area contributed by atoms with Crippen LogP contribution in [0.4, 0.5) is 5.13 Å². The van der Waals surface area contributed by atoms with Crippen LogP contribution in [0.25, 0.3) is 0 Å². The van der Waals surface area contributed by atoms with Gasteiger partial charge in [-0.2, -0.15) is 11.8 Å². The third kappa shape index (κ3) is 2.60. The van der Waals surface area contributed by atoms with Crippen LogP contribution in [0, 0.1) is 0 Å². The first kappa shape index (κ1) is 11.1. The average Bonchev–Trinajstić information content (AvgIpc) is 2.75. The Morgan fingerprint density at radius 3 is 2.80 bits per heavy atom. The van der Waals surface area contributed by atoms with Crippen molar-refractivity contribution in [3.8, 4) is 0 Å². The molecule has 0 bridgehead atoms. The first-order valence-corrected chi connectivity index (χ1v) is 7.72.